The molecule has 1 aromatic heterocycles. The fourth-order valence-corrected chi connectivity index (χ4v) is 1.35. The quantitative estimate of drug-likeness (QED) is 0.691. The monoisotopic (exact) mass is 201 g/mol. The fourth-order valence-electron chi connectivity index (χ4n) is 1.35. The van der Waals surface area contributed by atoms with Crippen molar-refractivity contribution in [1.29, 1.82) is 0 Å². The van der Waals surface area contributed by atoms with Crippen LogP contribution < -0.4 is 4.90 Å². The third-order valence-corrected chi connectivity index (χ3v) is 2.18. The molecule has 0 radical (unpaired) electrons. The molecule has 0 N–H and O–H groups in total. The Hall–Kier alpha value is -1.97. The van der Waals surface area contributed by atoms with Crippen LogP contribution >= 0.6 is 0 Å². The number of hydrogen-bond acceptors (Lipinski definition) is 4. The molecule has 0 saturated carbocycles. The zero-order valence-electron chi connectivity index (χ0n) is 8.64. The highest BCUT2D eigenvalue weighted by atomic mass is 16.1. The standard InChI is InChI=1S/C11H11N3O/c1-14(2)9-3-4-10-11(5-9)13-8(7-15)6-12-10/h3-7H,1-2H3. The highest BCUT2D eigenvalue weighted by Crippen LogP contribution is 2.17. The van der Waals surface area contributed by atoms with Gasteiger partial charge in [0.25, 0.3) is 0 Å². The van der Waals surface area contributed by atoms with Gasteiger partial charge >= 0.3 is 0 Å². The van der Waals surface area contributed by atoms with E-state index in [9.17, 15) is 4.79 Å². The molecule has 4 heteroatoms. The van der Waals surface area contributed by atoms with Gasteiger partial charge in [-0.1, -0.05) is 0 Å². The molecule has 2 rings (SSSR count). The average Bonchev–Trinajstić information content (AvgIpc) is 2.27. The predicted molar refractivity (Wildman–Crippen MR) is 59.3 cm³/mol. The van der Waals surface area contributed by atoms with Crippen LogP contribution in [0.25, 0.3) is 11.0 Å². The van der Waals surface area contributed by atoms with Crippen molar-refractivity contribution in [3.8, 4) is 0 Å². The minimum Gasteiger partial charge on any atom is -0.378 e. The van der Waals surface area contributed by atoms with Crippen molar-refractivity contribution < 1.29 is 4.79 Å². The summed E-state index contributed by atoms with van der Waals surface area (Å²) >= 11 is 0. The SMILES string of the molecule is CN(C)c1ccc2ncc(C=O)nc2c1. The number of fused-ring (bicyclic) bond motifs is 1. The number of benzene rings is 1. The van der Waals surface area contributed by atoms with Gasteiger partial charge in [0.05, 0.1) is 17.2 Å². The Morgan fingerprint density at radius 1 is 1.27 bits per heavy atom. The number of nitrogens with zero attached hydrogens (tertiary/aromatic N) is 3. The van der Waals surface area contributed by atoms with E-state index in [1.165, 1.54) is 6.20 Å². The molecule has 0 unspecified atom stereocenters. The number of aromatic nitrogens is 2. The summed E-state index contributed by atoms with van der Waals surface area (Å²) in [7, 11) is 3.91. The van der Waals surface area contributed by atoms with Gasteiger partial charge in [0.15, 0.2) is 6.29 Å². The minimum absolute atomic E-state index is 0.360. The molecule has 0 aliphatic rings. The van der Waals surface area contributed by atoms with Crippen LogP contribution in [-0.2, 0) is 0 Å². The first-order valence-corrected chi connectivity index (χ1v) is 4.60. The number of carbonyl (C=O) groups is 1. The Kier molecular flexibility index (Phi) is 2.33. The first-order valence-electron chi connectivity index (χ1n) is 4.60. The average molecular weight is 201 g/mol. The number of hydrogen-bond donors (Lipinski definition) is 0. The van der Waals surface area contributed by atoms with Gasteiger partial charge in [-0.05, 0) is 18.2 Å². The third-order valence-electron chi connectivity index (χ3n) is 2.18. The first-order chi connectivity index (χ1) is 7.20. The molecule has 2 aromatic rings. The van der Waals surface area contributed by atoms with Crippen molar-refractivity contribution >= 4 is 23.0 Å². The molecular weight excluding hydrogens is 190 g/mol. The second-order valence-electron chi connectivity index (χ2n) is 3.48. The van der Waals surface area contributed by atoms with E-state index < -0.39 is 0 Å². The molecule has 0 bridgehead atoms. The van der Waals surface area contributed by atoms with Crippen LogP contribution in [0.5, 0.6) is 0 Å². The maximum absolute atomic E-state index is 10.6. The zero-order chi connectivity index (χ0) is 10.8. The molecule has 76 valence electrons. The highest BCUT2D eigenvalue weighted by molar-refractivity contribution is 5.82. The minimum atomic E-state index is 0.360. The normalized spacial score (nSPS) is 10.3. The number of carbonyl (C=O) groups excluding carboxylic acids is 1. The lowest BCUT2D eigenvalue weighted by Crippen LogP contribution is -2.08. The van der Waals surface area contributed by atoms with E-state index in [-0.39, 0.29) is 0 Å². The number of aldehydes is 1. The summed E-state index contributed by atoms with van der Waals surface area (Å²) in [5.74, 6) is 0. The summed E-state index contributed by atoms with van der Waals surface area (Å²) in [6.07, 6.45) is 2.18. The summed E-state index contributed by atoms with van der Waals surface area (Å²) < 4.78 is 0. The van der Waals surface area contributed by atoms with Crippen LogP contribution in [0.2, 0.25) is 0 Å². The van der Waals surface area contributed by atoms with E-state index in [2.05, 4.69) is 9.97 Å². The molecule has 15 heavy (non-hydrogen) atoms. The van der Waals surface area contributed by atoms with Gasteiger partial charge < -0.3 is 4.90 Å². The maximum atomic E-state index is 10.6. The lowest BCUT2D eigenvalue weighted by atomic mass is 10.2. The molecule has 0 saturated heterocycles. The Balaban J connectivity index is 2.62. The maximum Gasteiger partial charge on any atom is 0.170 e. The molecule has 0 atom stereocenters. The van der Waals surface area contributed by atoms with Crippen molar-refractivity contribution in [3.05, 3.63) is 30.1 Å². The molecule has 0 spiro atoms. The van der Waals surface area contributed by atoms with Gasteiger partial charge in [-0.3, -0.25) is 9.78 Å². The second kappa shape index (κ2) is 3.65. The largest absolute Gasteiger partial charge is 0.378 e. The third kappa shape index (κ3) is 1.79. The van der Waals surface area contributed by atoms with E-state index in [4.69, 9.17) is 0 Å². The van der Waals surface area contributed by atoms with Crippen molar-refractivity contribution in [2.75, 3.05) is 19.0 Å². The summed E-state index contributed by atoms with van der Waals surface area (Å²) in [5, 5.41) is 0. The van der Waals surface area contributed by atoms with E-state index in [0.717, 1.165) is 16.7 Å². The second-order valence-corrected chi connectivity index (χ2v) is 3.48. The van der Waals surface area contributed by atoms with Crippen LogP contribution in [0.15, 0.2) is 24.4 Å². The van der Waals surface area contributed by atoms with Crippen LogP contribution in [0.3, 0.4) is 0 Å². The number of rotatable bonds is 2. The summed E-state index contributed by atoms with van der Waals surface area (Å²) in [6, 6.07) is 5.78. The van der Waals surface area contributed by atoms with Gasteiger partial charge in [-0.15, -0.1) is 0 Å². The topological polar surface area (TPSA) is 46.1 Å². The van der Waals surface area contributed by atoms with E-state index >= 15 is 0 Å². The van der Waals surface area contributed by atoms with Crippen LogP contribution in [0.1, 0.15) is 10.5 Å². The van der Waals surface area contributed by atoms with Crippen molar-refractivity contribution in [1.82, 2.24) is 9.97 Å². The number of anilines is 1. The van der Waals surface area contributed by atoms with Crippen molar-refractivity contribution in [2.24, 2.45) is 0 Å². The van der Waals surface area contributed by atoms with Gasteiger partial charge in [-0.2, -0.15) is 0 Å². The summed E-state index contributed by atoms with van der Waals surface area (Å²) in [4.78, 5) is 20.9. The summed E-state index contributed by atoms with van der Waals surface area (Å²) in [6.45, 7) is 0. The van der Waals surface area contributed by atoms with E-state index in [1.807, 2.05) is 37.2 Å². The van der Waals surface area contributed by atoms with Gasteiger partial charge in [0, 0.05) is 19.8 Å². The smallest absolute Gasteiger partial charge is 0.170 e. The van der Waals surface area contributed by atoms with Gasteiger partial charge in [-0.25, -0.2) is 4.98 Å². The summed E-state index contributed by atoms with van der Waals surface area (Å²) in [5.41, 5.74) is 2.94. The Labute approximate surface area is 87.6 Å². The van der Waals surface area contributed by atoms with Crippen LogP contribution in [-0.4, -0.2) is 30.3 Å². The Morgan fingerprint density at radius 3 is 2.73 bits per heavy atom. The Bertz CT molecular complexity index is 508. The molecule has 0 fully saturated rings. The first kappa shape index (κ1) is 9.58. The molecular formula is C11H11N3O. The van der Waals surface area contributed by atoms with E-state index in [1.54, 1.807) is 0 Å². The van der Waals surface area contributed by atoms with Crippen LogP contribution in [0.4, 0.5) is 5.69 Å². The van der Waals surface area contributed by atoms with Gasteiger partial charge in [0.2, 0.25) is 0 Å². The lowest BCUT2D eigenvalue weighted by Gasteiger charge is -2.12. The molecule has 1 heterocycles. The van der Waals surface area contributed by atoms with Crippen molar-refractivity contribution in [3.63, 3.8) is 0 Å². The highest BCUT2D eigenvalue weighted by Gasteiger charge is 2.01. The van der Waals surface area contributed by atoms with Gasteiger partial charge in [0.1, 0.15) is 5.69 Å². The lowest BCUT2D eigenvalue weighted by molar-refractivity contribution is 0.111. The zero-order valence-corrected chi connectivity index (χ0v) is 8.64. The molecule has 0 aliphatic carbocycles. The fraction of sp³-hybridized carbons (Fsp3) is 0.182. The van der Waals surface area contributed by atoms with E-state index in [0.29, 0.717) is 12.0 Å². The predicted octanol–water partition coefficient (Wildman–Crippen LogP) is 1.51. The van der Waals surface area contributed by atoms with Crippen LogP contribution in [0, 0.1) is 0 Å². The molecule has 1 aromatic carbocycles. The molecule has 4 nitrogen and oxygen atoms in total. The van der Waals surface area contributed by atoms with Crippen molar-refractivity contribution in [2.45, 2.75) is 0 Å². The molecule has 0 aliphatic heterocycles. The molecule has 0 amide bonds. The Morgan fingerprint density at radius 2 is 2.07 bits per heavy atom.